The Bertz CT molecular complexity index is 266. The fourth-order valence-corrected chi connectivity index (χ4v) is 1.42. The van der Waals surface area contributed by atoms with E-state index >= 15 is 0 Å². The smallest absolute Gasteiger partial charge is 0.0566 e. The van der Waals surface area contributed by atoms with Gasteiger partial charge < -0.3 is 5.11 Å². The highest BCUT2D eigenvalue weighted by Crippen LogP contribution is 2.13. The van der Waals surface area contributed by atoms with E-state index < -0.39 is 0 Å². The Morgan fingerprint density at radius 2 is 1.79 bits per heavy atom. The van der Waals surface area contributed by atoms with E-state index in [4.69, 9.17) is 11.6 Å². The number of rotatable bonds is 4. The van der Waals surface area contributed by atoms with Gasteiger partial charge in [0, 0.05) is 5.02 Å². The highest BCUT2D eigenvalue weighted by atomic mass is 35.5. The van der Waals surface area contributed by atoms with Crippen molar-refractivity contribution in [3.05, 3.63) is 34.9 Å². The molecule has 1 aromatic carbocycles. The molecule has 0 spiro atoms. The maximum atomic E-state index is 9.62. The lowest BCUT2D eigenvalue weighted by Crippen LogP contribution is -2.15. The molecular weight excluding hydrogens is 196 g/mol. The van der Waals surface area contributed by atoms with Crippen LogP contribution in [0.25, 0.3) is 0 Å². The minimum atomic E-state index is -0.203. The Hall–Kier alpha value is -0.530. The molecule has 1 nitrogen and oxygen atoms in total. The number of aliphatic hydroxyl groups is 1. The van der Waals surface area contributed by atoms with Crippen LogP contribution >= 0.6 is 11.6 Å². The second-order valence-electron chi connectivity index (χ2n) is 3.98. The monoisotopic (exact) mass is 212 g/mol. The van der Waals surface area contributed by atoms with Crippen molar-refractivity contribution in [3.8, 4) is 0 Å². The van der Waals surface area contributed by atoms with E-state index in [1.807, 2.05) is 38.1 Å². The second kappa shape index (κ2) is 5.38. The highest BCUT2D eigenvalue weighted by Gasteiger charge is 2.08. The van der Waals surface area contributed by atoms with Gasteiger partial charge in [-0.2, -0.15) is 0 Å². The first-order valence-corrected chi connectivity index (χ1v) is 5.40. The van der Waals surface area contributed by atoms with Crippen LogP contribution in [0, 0.1) is 5.92 Å². The summed E-state index contributed by atoms with van der Waals surface area (Å²) >= 11 is 5.78. The summed E-state index contributed by atoms with van der Waals surface area (Å²) in [4.78, 5) is 0. The van der Waals surface area contributed by atoms with Gasteiger partial charge in [0.25, 0.3) is 0 Å². The lowest BCUT2D eigenvalue weighted by Gasteiger charge is -2.13. The van der Waals surface area contributed by atoms with Gasteiger partial charge in [-0.15, -0.1) is 0 Å². The minimum Gasteiger partial charge on any atom is -0.393 e. The molecular formula is C12H17ClO. The summed E-state index contributed by atoms with van der Waals surface area (Å²) in [6.07, 6.45) is 1.53. The number of hydrogen-bond acceptors (Lipinski definition) is 1. The normalized spacial score (nSPS) is 13.2. The van der Waals surface area contributed by atoms with Crippen molar-refractivity contribution in [2.45, 2.75) is 32.8 Å². The van der Waals surface area contributed by atoms with Gasteiger partial charge in [0.2, 0.25) is 0 Å². The topological polar surface area (TPSA) is 20.2 Å². The number of halogens is 1. The molecule has 0 fully saturated rings. The molecule has 0 aromatic heterocycles. The molecule has 0 radical (unpaired) electrons. The minimum absolute atomic E-state index is 0.203. The molecule has 1 unspecified atom stereocenters. The van der Waals surface area contributed by atoms with Crippen LogP contribution in [0.1, 0.15) is 25.8 Å². The van der Waals surface area contributed by atoms with Gasteiger partial charge in [-0.25, -0.2) is 0 Å². The van der Waals surface area contributed by atoms with Crippen LogP contribution in [0.3, 0.4) is 0 Å². The molecule has 0 aliphatic carbocycles. The Kier molecular flexibility index (Phi) is 4.43. The van der Waals surface area contributed by atoms with Crippen molar-refractivity contribution in [2.24, 2.45) is 5.92 Å². The van der Waals surface area contributed by atoms with Gasteiger partial charge in [-0.3, -0.25) is 0 Å². The Morgan fingerprint density at radius 3 is 2.29 bits per heavy atom. The molecule has 0 aliphatic rings. The molecule has 2 heteroatoms. The molecule has 1 rings (SSSR count). The molecule has 0 heterocycles. The van der Waals surface area contributed by atoms with Crippen LogP contribution < -0.4 is 0 Å². The van der Waals surface area contributed by atoms with Gasteiger partial charge in [0.1, 0.15) is 0 Å². The molecule has 1 aromatic rings. The lowest BCUT2D eigenvalue weighted by atomic mass is 9.99. The van der Waals surface area contributed by atoms with Crippen LogP contribution in [0.4, 0.5) is 0 Å². The van der Waals surface area contributed by atoms with Crippen molar-refractivity contribution < 1.29 is 5.11 Å². The molecule has 1 atom stereocenters. The van der Waals surface area contributed by atoms with Crippen LogP contribution in [-0.2, 0) is 6.42 Å². The Balaban J connectivity index is 2.42. The van der Waals surface area contributed by atoms with E-state index in [1.165, 1.54) is 5.56 Å². The van der Waals surface area contributed by atoms with E-state index in [9.17, 15) is 5.11 Å². The molecule has 0 saturated carbocycles. The van der Waals surface area contributed by atoms with E-state index in [-0.39, 0.29) is 6.10 Å². The van der Waals surface area contributed by atoms with Crippen molar-refractivity contribution in [3.63, 3.8) is 0 Å². The van der Waals surface area contributed by atoms with Crippen molar-refractivity contribution >= 4 is 11.6 Å². The van der Waals surface area contributed by atoms with E-state index in [2.05, 4.69) is 0 Å². The first-order chi connectivity index (χ1) is 6.59. The summed E-state index contributed by atoms with van der Waals surface area (Å²) in [6.45, 7) is 4.07. The van der Waals surface area contributed by atoms with Gasteiger partial charge in [-0.05, 0) is 36.5 Å². The third kappa shape index (κ3) is 3.69. The van der Waals surface area contributed by atoms with Crippen molar-refractivity contribution in [1.82, 2.24) is 0 Å². The molecule has 0 saturated heterocycles. The predicted octanol–water partition coefficient (Wildman–Crippen LogP) is 3.29. The summed E-state index contributed by atoms with van der Waals surface area (Å²) in [7, 11) is 0. The van der Waals surface area contributed by atoms with Crippen LogP contribution in [0.15, 0.2) is 24.3 Å². The summed E-state index contributed by atoms with van der Waals surface area (Å²) < 4.78 is 0. The van der Waals surface area contributed by atoms with Gasteiger partial charge in [-0.1, -0.05) is 37.6 Å². The maximum absolute atomic E-state index is 9.62. The van der Waals surface area contributed by atoms with E-state index in [0.29, 0.717) is 5.92 Å². The molecule has 14 heavy (non-hydrogen) atoms. The summed E-state index contributed by atoms with van der Waals surface area (Å²) in [5.74, 6) is 0.335. The van der Waals surface area contributed by atoms with Gasteiger partial charge in [0.05, 0.1) is 6.10 Å². The SMILES string of the molecule is CC(C)C(O)CCc1ccc(Cl)cc1. The molecule has 78 valence electrons. The van der Waals surface area contributed by atoms with Crippen molar-refractivity contribution in [2.75, 3.05) is 0 Å². The molecule has 0 bridgehead atoms. The predicted molar refractivity (Wildman–Crippen MR) is 60.6 cm³/mol. The zero-order chi connectivity index (χ0) is 10.6. The summed E-state index contributed by atoms with van der Waals surface area (Å²) in [6, 6.07) is 7.79. The van der Waals surface area contributed by atoms with Gasteiger partial charge >= 0.3 is 0 Å². The zero-order valence-electron chi connectivity index (χ0n) is 8.70. The fourth-order valence-electron chi connectivity index (χ4n) is 1.30. The fraction of sp³-hybridized carbons (Fsp3) is 0.500. The zero-order valence-corrected chi connectivity index (χ0v) is 9.46. The van der Waals surface area contributed by atoms with E-state index in [1.54, 1.807) is 0 Å². The maximum Gasteiger partial charge on any atom is 0.0566 e. The van der Waals surface area contributed by atoms with Crippen LogP contribution in [0.5, 0.6) is 0 Å². The lowest BCUT2D eigenvalue weighted by molar-refractivity contribution is 0.116. The first-order valence-electron chi connectivity index (χ1n) is 5.02. The molecule has 1 N–H and O–H groups in total. The molecule has 0 aliphatic heterocycles. The average molecular weight is 213 g/mol. The third-order valence-corrected chi connectivity index (χ3v) is 2.66. The van der Waals surface area contributed by atoms with Crippen molar-refractivity contribution in [1.29, 1.82) is 0 Å². The Labute approximate surface area is 90.7 Å². The number of benzene rings is 1. The molecule has 0 amide bonds. The highest BCUT2D eigenvalue weighted by molar-refractivity contribution is 6.30. The standard InChI is InChI=1S/C12H17ClO/c1-9(2)12(14)8-5-10-3-6-11(13)7-4-10/h3-4,6-7,9,12,14H,5,8H2,1-2H3. The number of aliphatic hydroxyl groups excluding tert-OH is 1. The van der Waals surface area contributed by atoms with Crippen LogP contribution in [-0.4, -0.2) is 11.2 Å². The quantitative estimate of drug-likeness (QED) is 0.812. The Morgan fingerprint density at radius 1 is 1.21 bits per heavy atom. The van der Waals surface area contributed by atoms with E-state index in [0.717, 1.165) is 17.9 Å². The largest absolute Gasteiger partial charge is 0.393 e. The third-order valence-electron chi connectivity index (χ3n) is 2.41. The summed E-state index contributed by atoms with van der Waals surface area (Å²) in [5, 5.41) is 10.4. The van der Waals surface area contributed by atoms with Crippen LogP contribution in [0.2, 0.25) is 5.02 Å². The number of hydrogen-bond donors (Lipinski definition) is 1. The second-order valence-corrected chi connectivity index (χ2v) is 4.41. The average Bonchev–Trinajstić information content (AvgIpc) is 2.16. The van der Waals surface area contributed by atoms with Gasteiger partial charge in [0.15, 0.2) is 0 Å². The first kappa shape index (κ1) is 11.5. The summed E-state index contributed by atoms with van der Waals surface area (Å²) in [5.41, 5.74) is 1.23. The number of aryl methyl sites for hydroxylation is 1.